The number of hydrogen-bond acceptors (Lipinski definition) is 4. The third-order valence-corrected chi connectivity index (χ3v) is 2.84. The Morgan fingerprint density at radius 1 is 1.42 bits per heavy atom. The predicted molar refractivity (Wildman–Crippen MR) is 83.0 cm³/mol. The zero-order valence-corrected chi connectivity index (χ0v) is 12.3. The number of rotatable bonds is 4. The molecular weight excluding hydrogens is 330 g/mol. The number of amides is 1. The summed E-state index contributed by atoms with van der Waals surface area (Å²) < 4.78 is 0. The van der Waals surface area contributed by atoms with E-state index in [2.05, 4.69) is 15.3 Å². The van der Waals surface area contributed by atoms with Crippen molar-refractivity contribution in [2.24, 2.45) is 16.5 Å². The Bertz CT molecular complexity index is 594. The quantitative estimate of drug-likeness (QED) is 0.448. The number of carbonyl (C=O) groups is 1. The molecule has 0 aliphatic heterocycles. The number of nitrogens with two attached hydrogens (primary N) is 2. The SMILES string of the molecule is Br.NC(N)=Nc1nc(-c2cccc(NC=O)c2)cs1. The number of carbonyl (C=O) groups excluding carboxylic acids is 1. The highest BCUT2D eigenvalue weighted by molar-refractivity contribution is 8.93. The lowest BCUT2D eigenvalue weighted by molar-refractivity contribution is -0.105. The molecule has 100 valence electrons. The lowest BCUT2D eigenvalue weighted by Gasteiger charge is -2.00. The largest absolute Gasteiger partial charge is 0.370 e. The third kappa shape index (κ3) is 4.04. The van der Waals surface area contributed by atoms with Crippen LogP contribution in [0.4, 0.5) is 10.8 Å². The number of thiazole rings is 1. The standard InChI is InChI=1S/C11H11N5OS.BrH/c12-10(13)16-11-15-9(5-18-11)7-2-1-3-8(4-7)14-6-17;/h1-6H,(H,14,17)(H4,12,13,15,16);1H. The van der Waals surface area contributed by atoms with Gasteiger partial charge in [0.25, 0.3) is 0 Å². The number of hydrogen-bond donors (Lipinski definition) is 3. The Kier molecular flexibility index (Phi) is 5.46. The van der Waals surface area contributed by atoms with Crippen LogP contribution < -0.4 is 16.8 Å². The van der Waals surface area contributed by atoms with Crippen LogP contribution in [-0.4, -0.2) is 17.4 Å². The molecule has 19 heavy (non-hydrogen) atoms. The fourth-order valence-electron chi connectivity index (χ4n) is 1.39. The second-order valence-electron chi connectivity index (χ2n) is 3.39. The van der Waals surface area contributed by atoms with Gasteiger partial charge in [-0.25, -0.2) is 4.98 Å². The highest BCUT2D eigenvalue weighted by atomic mass is 79.9. The molecule has 0 spiro atoms. The maximum absolute atomic E-state index is 10.4. The van der Waals surface area contributed by atoms with E-state index in [0.29, 0.717) is 17.2 Å². The summed E-state index contributed by atoms with van der Waals surface area (Å²) >= 11 is 1.34. The predicted octanol–water partition coefficient (Wildman–Crippen LogP) is 1.86. The highest BCUT2D eigenvalue weighted by Crippen LogP contribution is 2.27. The van der Waals surface area contributed by atoms with Gasteiger partial charge in [-0.05, 0) is 12.1 Å². The summed E-state index contributed by atoms with van der Waals surface area (Å²) in [5, 5.41) is 4.93. The molecule has 0 aliphatic carbocycles. The van der Waals surface area contributed by atoms with Gasteiger partial charge in [0.2, 0.25) is 11.5 Å². The molecule has 0 atom stereocenters. The molecule has 0 unspecified atom stereocenters. The molecule has 0 saturated heterocycles. The second kappa shape index (κ2) is 6.86. The normalized spacial score (nSPS) is 9.26. The van der Waals surface area contributed by atoms with Gasteiger partial charge >= 0.3 is 0 Å². The average molecular weight is 342 g/mol. The van der Waals surface area contributed by atoms with Crippen LogP contribution in [0.5, 0.6) is 0 Å². The van der Waals surface area contributed by atoms with Crippen molar-refractivity contribution in [3.05, 3.63) is 29.6 Å². The van der Waals surface area contributed by atoms with Gasteiger partial charge in [0.05, 0.1) is 5.69 Å². The Hall–Kier alpha value is -1.93. The molecule has 0 aliphatic rings. The number of halogens is 1. The summed E-state index contributed by atoms with van der Waals surface area (Å²) in [6, 6.07) is 7.34. The fourth-order valence-corrected chi connectivity index (χ4v) is 2.11. The molecule has 1 heterocycles. The zero-order valence-electron chi connectivity index (χ0n) is 9.74. The maximum atomic E-state index is 10.4. The van der Waals surface area contributed by atoms with Crippen LogP contribution >= 0.6 is 28.3 Å². The molecule has 5 N–H and O–H groups in total. The smallest absolute Gasteiger partial charge is 0.212 e. The van der Waals surface area contributed by atoms with Gasteiger partial charge in [-0.1, -0.05) is 12.1 Å². The number of aromatic nitrogens is 1. The van der Waals surface area contributed by atoms with Gasteiger partial charge in [-0.15, -0.1) is 28.3 Å². The molecule has 0 fully saturated rings. The molecular formula is C11H12BrN5OS. The van der Waals surface area contributed by atoms with Crippen molar-refractivity contribution in [2.45, 2.75) is 0 Å². The van der Waals surface area contributed by atoms with Gasteiger partial charge in [0, 0.05) is 16.6 Å². The van der Waals surface area contributed by atoms with E-state index in [9.17, 15) is 4.79 Å². The number of benzene rings is 1. The van der Waals surface area contributed by atoms with E-state index in [4.69, 9.17) is 11.5 Å². The van der Waals surface area contributed by atoms with Gasteiger partial charge < -0.3 is 16.8 Å². The summed E-state index contributed by atoms with van der Waals surface area (Å²) in [6.45, 7) is 0. The first-order valence-corrected chi connectivity index (χ1v) is 5.93. The minimum absolute atomic E-state index is 0. The van der Waals surface area contributed by atoms with Crippen LogP contribution in [-0.2, 0) is 4.79 Å². The average Bonchev–Trinajstić information content (AvgIpc) is 2.77. The lowest BCUT2D eigenvalue weighted by atomic mass is 10.1. The van der Waals surface area contributed by atoms with Crippen molar-refractivity contribution < 1.29 is 4.79 Å². The zero-order chi connectivity index (χ0) is 13.0. The maximum Gasteiger partial charge on any atom is 0.212 e. The van der Waals surface area contributed by atoms with Gasteiger partial charge in [0.15, 0.2) is 5.96 Å². The van der Waals surface area contributed by atoms with Gasteiger partial charge in [0.1, 0.15) is 0 Å². The van der Waals surface area contributed by atoms with Gasteiger partial charge in [-0.3, -0.25) is 4.79 Å². The Morgan fingerprint density at radius 3 is 2.89 bits per heavy atom. The molecule has 6 nitrogen and oxygen atoms in total. The van der Waals surface area contributed by atoms with Crippen molar-refractivity contribution >= 4 is 51.5 Å². The van der Waals surface area contributed by atoms with Crippen LogP contribution in [0.25, 0.3) is 11.3 Å². The molecule has 2 rings (SSSR count). The number of guanidine groups is 1. The van der Waals surface area contributed by atoms with Crippen LogP contribution in [0.1, 0.15) is 0 Å². The first-order valence-electron chi connectivity index (χ1n) is 5.05. The first-order chi connectivity index (χ1) is 8.69. The molecule has 0 saturated carbocycles. The number of anilines is 1. The van der Waals surface area contributed by atoms with Crippen molar-refractivity contribution in [3.8, 4) is 11.3 Å². The summed E-state index contributed by atoms with van der Waals surface area (Å²) in [5.74, 6) is -0.0210. The summed E-state index contributed by atoms with van der Waals surface area (Å²) in [6.07, 6.45) is 0.630. The molecule has 0 radical (unpaired) electrons. The van der Waals surface area contributed by atoms with E-state index in [1.807, 2.05) is 23.6 Å². The van der Waals surface area contributed by atoms with E-state index >= 15 is 0 Å². The molecule has 1 aromatic heterocycles. The Labute approximate surface area is 124 Å². The molecule has 1 amide bonds. The van der Waals surface area contributed by atoms with E-state index in [0.717, 1.165) is 11.3 Å². The molecule has 2 aromatic rings. The highest BCUT2D eigenvalue weighted by Gasteiger charge is 2.04. The summed E-state index contributed by atoms with van der Waals surface area (Å²) in [4.78, 5) is 18.5. The first kappa shape index (κ1) is 15.1. The van der Waals surface area contributed by atoms with Crippen LogP contribution in [0.15, 0.2) is 34.6 Å². The van der Waals surface area contributed by atoms with Crippen molar-refractivity contribution in [1.82, 2.24) is 4.98 Å². The third-order valence-electron chi connectivity index (χ3n) is 2.10. The van der Waals surface area contributed by atoms with E-state index < -0.39 is 0 Å². The van der Waals surface area contributed by atoms with E-state index in [1.54, 1.807) is 6.07 Å². The second-order valence-corrected chi connectivity index (χ2v) is 4.23. The van der Waals surface area contributed by atoms with Crippen molar-refractivity contribution in [1.29, 1.82) is 0 Å². The fraction of sp³-hybridized carbons (Fsp3) is 0. The lowest BCUT2D eigenvalue weighted by Crippen LogP contribution is -2.21. The monoisotopic (exact) mass is 341 g/mol. The van der Waals surface area contributed by atoms with E-state index in [-0.39, 0.29) is 22.9 Å². The molecule has 0 bridgehead atoms. The summed E-state index contributed by atoms with van der Waals surface area (Å²) in [7, 11) is 0. The van der Waals surface area contributed by atoms with Crippen molar-refractivity contribution in [3.63, 3.8) is 0 Å². The van der Waals surface area contributed by atoms with Crippen LogP contribution in [0.3, 0.4) is 0 Å². The van der Waals surface area contributed by atoms with Crippen LogP contribution in [0, 0.1) is 0 Å². The number of aliphatic imine (C=N–C) groups is 1. The molecule has 8 heteroatoms. The topological polar surface area (TPSA) is 106 Å². The number of nitrogens with one attached hydrogen (secondary N) is 1. The van der Waals surface area contributed by atoms with Crippen molar-refractivity contribution in [2.75, 3.05) is 5.32 Å². The van der Waals surface area contributed by atoms with Crippen LogP contribution in [0.2, 0.25) is 0 Å². The number of nitrogens with zero attached hydrogens (tertiary/aromatic N) is 2. The summed E-state index contributed by atoms with van der Waals surface area (Å²) in [5.41, 5.74) is 12.9. The van der Waals surface area contributed by atoms with Gasteiger partial charge in [-0.2, -0.15) is 4.99 Å². The Morgan fingerprint density at radius 2 is 2.21 bits per heavy atom. The minimum Gasteiger partial charge on any atom is -0.370 e. The Balaban J connectivity index is 0.00000180. The van der Waals surface area contributed by atoms with E-state index in [1.165, 1.54) is 11.3 Å². The minimum atomic E-state index is -0.0210. The molecule has 1 aromatic carbocycles.